The zero-order valence-electron chi connectivity index (χ0n) is 19.1. The smallest absolute Gasteiger partial charge is 0.410 e. The van der Waals surface area contributed by atoms with Gasteiger partial charge in [0, 0.05) is 18.5 Å². The minimum atomic E-state index is -0.254. The average Bonchev–Trinajstić information content (AvgIpc) is 3.74. The Bertz CT molecular complexity index is 1160. The van der Waals surface area contributed by atoms with E-state index in [1.54, 1.807) is 18.2 Å². The highest BCUT2D eigenvalue weighted by molar-refractivity contribution is 6.33. The van der Waals surface area contributed by atoms with Crippen LogP contribution in [0, 0.1) is 22.7 Å². The third-order valence-electron chi connectivity index (χ3n) is 7.05. The summed E-state index contributed by atoms with van der Waals surface area (Å²) in [7, 11) is 1.53. The number of ether oxygens (including phenoxy) is 3. The van der Waals surface area contributed by atoms with Crippen molar-refractivity contribution in [1.29, 1.82) is 5.26 Å². The van der Waals surface area contributed by atoms with Crippen LogP contribution < -0.4 is 14.8 Å². The van der Waals surface area contributed by atoms with Crippen LogP contribution in [0.4, 0.5) is 16.3 Å². The molecule has 1 aromatic carbocycles. The summed E-state index contributed by atoms with van der Waals surface area (Å²) in [5.74, 6) is 1.52. The van der Waals surface area contributed by atoms with Crippen LogP contribution in [0.1, 0.15) is 38.2 Å². The maximum absolute atomic E-state index is 12.4. The fourth-order valence-corrected chi connectivity index (χ4v) is 4.67. The van der Waals surface area contributed by atoms with Gasteiger partial charge in [0.25, 0.3) is 5.88 Å². The van der Waals surface area contributed by atoms with Crippen molar-refractivity contribution in [3.8, 4) is 17.7 Å². The van der Waals surface area contributed by atoms with Crippen molar-refractivity contribution in [2.24, 2.45) is 11.3 Å². The van der Waals surface area contributed by atoms with Crippen molar-refractivity contribution in [2.45, 2.75) is 38.2 Å². The van der Waals surface area contributed by atoms with Crippen molar-refractivity contribution < 1.29 is 19.0 Å². The molecule has 3 aliphatic rings. The molecule has 2 unspecified atom stereocenters. The highest BCUT2D eigenvalue weighted by Crippen LogP contribution is 2.58. The van der Waals surface area contributed by atoms with Crippen LogP contribution in [-0.4, -0.2) is 53.4 Å². The number of hydrogen-bond acceptors (Lipinski definition) is 8. The number of rotatable bonds is 7. The number of nitrogens with one attached hydrogen (secondary N) is 1. The van der Waals surface area contributed by atoms with Crippen LogP contribution in [0.3, 0.4) is 0 Å². The first-order valence-corrected chi connectivity index (χ1v) is 11.7. The Morgan fingerprint density at radius 2 is 2.18 bits per heavy atom. The number of amides is 1. The second kappa shape index (κ2) is 8.51. The molecule has 3 fully saturated rings. The predicted molar refractivity (Wildman–Crippen MR) is 124 cm³/mol. The first-order chi connectivity index (χ1) is 16.3. The van der Waals surface area contributed by atoms with Gasteiger partial charge in [-0.1, -0.05) is 11.6 Å². The molecule has 0 bridgehead atoms. The van der Waals surface area contributed by atoms with Crippen molar-refractivity contribution in [1.82, 2.24) is 14.9 Å². The topological polar surface area (TPSA) is 110 Å². The summed E-state index contributed by atoms with van der Waals surface area (Å²) in [4.78, 5) is 22.8. The van der Waals surface area contributed by atoms with Gasteiger partial charge in [-0.3, -0.25) is 0 Å². The van der Waals surface area contributed by atoms with Gasteiger partial charge in [0.05, 0.1) is 36.1 Å². The van der Waals surface area contributed by atoms with E-state index in [2.05, 4.69) is 21.4 Å². The Balaban J connectivity index is 1.22. The van der Waals surface area contributed by atoms with E-state index >= 15 is 0 Å². The molecule has 34 heavy (non-hydrogen) atoms. The Hall–Kier alpha value is -3.25. The van der Waals surface area contributed by atoms with Crippen LogP contribution in [0.25, 0.3) is 0 Å². The molecule has 5 rings (SSSR count). The first kappa shape index (κ1) is 22.5. The maximum Gasteiger partial charge on any atom is 0.410 e. The molecule has 2 saturated carbocycles. The standard InChI is InChI=1S/C24H26ClN5O4/c1-23(5-6-23)34-22(31)30-8-7-24(10-16(24)12-30)13-33-21-19(32-2)20(27-14-28-21)29-18-4-3-15(11-26)9-17(18)25/h3-4,9,14,16H,5-8,10,12-13H2,1-2H3,(H,27,28,29). The second-order valence-electron chi connectivity index (χ2n) is 9.56. The Morgan fingerprint density at radius 3 is 2.85 bits per heavy atom. The molecule has 2 aromatic rings. The number of anilines is 2. The van der Waals surface area contributed by atoms with Gasteiger partial charge >= 0.3 is 6.09 Å². The maximum atomic E-state index is 12.4. The Kier molecular flexibility index (Phi) is 5.64. The third kappa shape index (κ3) is 4.42. The summed E-state index contributed by atoms with van der Waals surface area (Å²) in [5, 5.41) is 12.5. The SMILES string of the molecule is COc1c(Nc2ccc(C#N)cc2Cl)ncnc1OCC12CCN(C(=O)OC3(C)CC3)CC1C2. The fraction of sp³-hybridized carbons (Fsp3) is 0.500. The number of aromatic nitrogens is 2. The summed E-state index contributed by atoms with van der Waals surface area (Å²) in [5.41, 5.74) is 0.841. The van der Waals surface area contributed by atoms with E-state index in [1.165, 1.54) is 13.4 Å². The summed E-state index contributed by atoms with van der Waals surface area (Å²) in [6, 6.07) is 7.01. The number of likely N-dealkylation sites (tertiary alicyclic amines) is 1. The highest BCUT2D eigenvalue weighted by Gasteiger charge is 2.58. The fourth-order valence-electron chi connectivity index (χ4n) is 4.44. The second-order valence-corrected chi connectivity index (χ2v) is 9.97. The number of carbonyl (C=O) groups excluding carboxylic acids is 1. The normalized spacial score (nSPS) is 23.8. The molecule has 2 heterocycles. The van der Waals surface area contributed by atoms with Gasteiger partial charge in [0.1, 0.15) is 11.9 Å². The lowest BCUT2D eigenvalue weighted by Crippen LogP contribution is -2.42. The van der Waals surface area contributed by atoms with Gasteiger partial charge in [-0.15, -0.1) is 0 Å². The van der Waals surface area contributed by atoms with Gasteiger partial charge in [0.2, 0.25) is 5.75 Å². The summed E-state index contributed by atoms with van der Waals surface area (Å²) in [6.45, 7) is 3.84. The molecule has 2 aliphatic carbocycles. The van der Waals surface area contributed by atoms with Crippen molar-refractivity contribution in [3.63, 3.8) is 0 Å². The zero-order valence-corrected chi connectivity index (χ0v) is 19.9. The number of halogens is 1. The molecule has 1 aromatic heterocycles. The van der Waals surface area contributed by atoms with E-state index in [-0.39, 0.29) is 17.1 Å². The highest BCUT2D eigenvalue weighted by atomic mass is 35.5. The van der Waals surface area contributed by atoms with E-state index in [4.69, 9.17) is 31.1 Å². The van der Waals surface area contributed by atoms with E-state index in [0.717, 1.165) is 25.7 Å². The largest absolute Gasteiger partial charge is 0.489 e. The number of nitriles is 1. The van der Waals surface area contributed by atoms with Crippen LogP contribution in [0.15, 0.2) is 24.5 Å². The molecule has 1 amide bonds. The number of hydrogen-bond donors (Lipinski definition) is 1. The summed E-state index contributed by atoms with van der Waals surface area (Å²) < 4.78 is 17.3. The van der Waals surface area contributed by atoms with Gasteiger partial charge in [-0.05, 0) is 56.7 Å². The number of fused-ring (bicyclic) bond motifs is 1. The van der Waals surface area contributed by atoms with Gasteiger partial charge in [0.15, 0.2) is 5.82 Å². The van der Waals surface area contributed by atoms with Crippen LogP contribution in [0.5, 0.6) is 11.6 Å². The lowest BCUT2D eigenvalue weighted by Gasteiger charge is -2.31. The van der Waals surface area contributed by atoms with Crippen molar-refractivity contribution in [3.05, 3.63) is 35.1 Å². The van der Waals surface area contributed by atoms with Gasteiger partial charge in [-0.25, -0.2) is 9.78 Å². The van der Waals surface area contributed by atoms with Crippen molar-refractivity contribution >= 4 is 29.2 Å². The van der Waals surface area contributed by atoms with Gasteiger partial charge in [-0.2, -0.15) is 10.2 Å². The van der Waals surface area contributed by atoms with Crippen LogP contribution in [-0.2, 0) is 4.74 Å². The van der Waals surface area contributed by atoms with Crippen LogP contribution >= 0.6 is 11.6 Å². The van der Waals surface area contributed by atoms with E-state index < -0.39 is 0 Å². The monoisotopic (exact) mass is 483 g/mol. The molecule has 10 heteroatoms. The average molecular weight is 484 g/mol. The molecule has 1 aliphatic heterocycles. The number of benzene rings is 1. The molecule has 9 nitrogen and oxygen atoms in total. The Labute approximate surface area is 203 Å². The van der Waals surface area contributed by atoms with E-state index in [9.17, 15) is 4.79 Å². The zero-order chi connectivity index (χ0) is 23.9. The minimum absolute atomic E-state index is 0.0419. The summed E-state index contributed by atoms with van der Waals surface area (Å²) >= 11 is 6.29. The number of nitrogens with zero attached hydrogens (tertiary/aromatic N) is 4. The van der Waals surface area contributed by atoms with Crippen molar-refractivity contribution in [2.75, 3.05) is 32.1 Å². The summed E-state index contributed by atoms with van der Waals surface area (Å²) in [6.07, 6.45) is 4.97. The minimum Gasteiger partial charge on any atom is -0.489 e. The van der Waals surface area contributed by atoms with Crippen LogP contribution in [0.2, 0.25) is 5.02 Å². The molecule has 0 spiro atoms. The predicted octanol–water partition coefficient (Wildman–Crippen LogP) is 4.53. The molecule has 178 valence electrons. The lowest BCUT2D eigenvalue weighted by atomic mass is 9.96. The van der Waals surface area contributed by atoms with E-state index in [1.807, 2.05) is 11.8 Å². The number of methoxy groups -OCH3 is 1. The molecule has 0 radical (unpaired) electrons. The molecule has 2 atom stereocenters. The third-order valence-corrected chi connectivity index (χ3v) is 7.36. The molecule has 1 saturated heterocycles. The molecule has 1 N–H and O–H groups in total. The number of piperidine rings is 1. The molecular weight excluding hydrogens is 458 g/mol. The quantitative estimate of drug-likeness (QED) is 0.611. The van der Waals surface area contributed by atoms with Gasteiger partial charge < -0.3 is 24.4 Å². The lowest BCUT2D eigenvalue weighted by molar-refractivity contribution is 0.0438. The Morgan fingerprint density at radius 1 is 1.35 bits per heavy atom. The first-order valence-electron chi connectivity index (χ1n) is 11.3. The number of carbonyl (C=O) groups is 1. The van der Waals surface area contributed by atoms with E-state index in [0.29, 0.717) is 59.3 Å². The molecular formula is C24H26ClN5O4.